The second-order valence-corrected chi connectivity index (χ2v) is 16.7. The maximum Gasteiger partial charge on any atom is 0.363 e. The Morgan fingerprint density at radius 1 is 0.349 bits per heavy atom. The molecule has 0 bridgehead atoms. The number of benzene rings is 4. The minimum absolute atomic E-state index is 0.0275. The normalized spacial score (nSPS) is 16.7. The number of cyclic esters (lactones) is 3. The smallest absolute Gasteiger partial charge is 0.363 e. The van der Waals surface area contributed by atoms with Gasteiger partial charge in [0, 0.05) is 65.0 Å². The Kier molecular flexibility index (Phi) is 10.5. The summed E-state index contributed by atoms with van der Waals surface area (Å²) in [5.41, 5.74) is 3.23. The van der Waals surface area contributed by atoms with Crippen LogP contribution in [0.1, 0.15) is 34.0 Å². The van der Waals surface area contributed by atoms with Gasteiger partial charge in [-0.3, -0.25) is 0 Å². The van der Waals surface area contributed by atoms with Crippen molar-refractivity contribution in [2.75, 3.05) is 0 Å². The van der Waals surface area contributed by atoms with E-state index in [2.05, 4.69) is 62.8 Å². The molecule has 0 N–H and O–H groups in total. The van der Waals surface area contributed by atoms with Crippen LogP contribution in [0, 0.1) is 0 Å². The molecule has 6 heterocycles. The fourth-order valence-electron chi connectivity index (χ4n) is 6.60. The zero-order valence-electron chi connectivity index (χ0n) is 32.0. The van der Waals surface area contributed by atoms with Crippen LogP contribution in [0.3, 0.4) is 0 Å². The lowest BCUT2D eigenvalue weighted by Crippen LogP contribution is -2.13. The van der Waals surface area contributed by atoms with Gasteiger partial charge in [0.25, 0.3) is 0 Å². The second-order valence-electron chi connectivity index (χ2n) is 13.9. The lowest BCUT2D eigenvalue weighted by Gasteiger charge is -2.08. The van der Waals surface area contributed by atoms with Crippen LogP contribution < -0.4 is 0 Å². The number of hydrogen-bond acceptors (Lipinski definition) is 12. The molecule has 0 amide bonds. The summed E-state index contributed by atoms with van der Waals surface area (Å²) in [6, 6.07) is 38.0. The molecule has 63 heavy (non-hydrogen) atoms. The lowest BCUT2D eigenvalue weighted by molar-refractivity contribution is -0.130. The highest BCUT2D eigenvalue weighted by Gasteiger charge is 2.31. The molecular formula is C48H24Br3N3O9. The van der Waals surface area contributed by atoms with Crippen molar-refractivity contribution in [1.29, 1.82) is 0 Å². The van der Waals surface area contributed by atoms with Gasteiger partial charge in [0.2, 0.25) is 17.7 Å². The van der Waals surface area contributed by atoms with Gasteiger partial charge in [-0.05, 0) is 91.0 Å². The van der Waals surface area contributed by atoms with Crippen molar-refractivity contribution in [2.45, 2.75) is 0 Å². The molecule has 306 valence electrons. The highest BCUT2D eigenvalue weighted by Crippen LogP contribution is 2.31. The van der Waals surface area contributed by atoms with E-state index in [1.807, 2.05) is 72.8 Å². The Labute approximate surface area is 382 Å². The summed E-state index contributed by atoms with van der Waals surface area (Å²) in [6.45, 7) is 0. The summed E-state index contributed by atoms with van der Waals surface area (Å²) in [5, 5.41) is 0. The van der Waals surface area contributed by atoms with Crippen LogP contribution in [-0.4, -0.2) is 35.6 Å². The van der Waals surface area contributed by atoms with Crippen LogP contribution in [0.5, 0.6) is 0 Å². The van der Waals surface area contributed by atoms with E-state index in [1.54, 1.807) is 54.6 Å². The van der Waals surface area contributed by atoms with Gasteiger partial charge in [0.1, 0.15) is 34.6 Å². The quantitative estimate of drug-likeness (QED) is 0.0780. The summed E-state index contributed by atoms with van der Waals surface area (Å²) >= 11 is 10.3. The summed E-state index contributed by atoms with van der Waals surface area (Å²) in [7, 11) is 0. The SMILES string of the molecule is O=C1OC(c2cc(C3=N/C(=C/c4ccc(-c5ccc(Br)cc5)o4)C(=O)O3)cc(C3=N/C(=C/c4ccc(-c5ccc(Br)cc5)o4)C(=O)O3)c2)=N/C1=C\c1ccc(-c2ccc(Br)cc2)o1. The Bertz CT molecular complexity index is 2870. The average Bonchev–Trinajstić information content (AvgIpc) is 4.16. The zero-order chi connectivity index (χ0) is 43.2. The topological polar surface area (TPSA) is 155 Å². The zero-order valence-corrected chi connectivity index (χ0v) is 36.8. The predicted octanol–water partition coefficient (Wildman–Crippen LogP) is 11.8. The Hall–Kier alpha value is -7.20. The Morgan fingerprint density at radius 2 is 0.619 bits per heavy atom. The third kappa shape index (κ3) is 8.53. The van der Waals surface area contributed by atoms with Crippen LogP contribution in [0.4, 0.5) is 0 Å². The summed E-state index contributed by atoms with van der Waals surface area (Å²) < 4.78 is 37.7. The fourth-order valence-corrected chi connectivity index (χ4v) is 7.39. The van der Waals surface area contributed by atoms with E-state index >= 15 is 0 Å². The van der Waals surface area contributed by atoms with Gasteiger partial charge >= 0.3 is 17.9 Å². The van der Waals surface area contributed by atoms with Gasteiger partial charge in [0.15, 0.2) is 17.1 Å². The molecule has 0 atom stereocenters. The highest BCUT2D eigenvalue weighted by atomic mass is 79.9. The van der Waals surface area contributed by atoms with E-state index in [0.29, 0.717) is 34.6 Å². The molecule has 15 heteroatoms. The number of esters is 3. The standard InChI is InChI=1S/C48H24Br3N3O9/c49-31-7-1-25(2-8-31)40-16-13-34(58-40)22-37-46(55)61-43(52-37)28-19-29(44-53-38(47(56)62-44)23-35-14-17-41(59-35)26-3-9-32(50)10-4-26)21-30(20-28)45-54-39(48(57)63-45)24-36-15-18-42(60-36)27-5-11-33(51)12-6-27/h1-24H/b37-22-,38-23+,39-24+. The van der Waals surface area contributed by atoms with Crippen molar-refractivity contribution in [1.82, 2.24) is 0 Å². The van der Waals surface area contributed by atoms with Crippen molar-refractivity contribution in [3.05, 3.63) is 192 Å². The largest absolute Gasteiger partial charge is 0.457 e. The summed E-state index contributed by atoms with van der Waals surface area (Å²) in [4.78, 5) is 53.1. The molecule has 7 aromatic rings. The van der Waals surface area contributed by atoms with Gasteiger partial charge in [0.05, 0.1) is 0 Å². The second kappa shape index (κ2) is 16.6. The maximum atomic E-state index is 13.2. The third-order valence-electron chi connectivity index (χ3n) is 9.64. The van der Waals surface area contributed by atoms with Crippen molar-refractivity contribution in [3.8, 4) is 34.0 Å². The molecule has 0 radical (unpaired) electrons. The van der Waals surface area contributed by atoms with Crippen LogP contribution in [0.15, 0.2) is 186 Å². The van der Waals surface area contributed by atoms with Crippen LogP contribution in [0.25, 0.3) is 52.2 Å². The fraction of sp³-hybridized carbons (Fsp3) is 0. The molecule has 0 aliphatic carbocycles. The first-order valence-corrected chi connectivity index (χ1v) is 21.3. The lowest BCUT2D eigenvalue weighted by atomic mass is 10.0. The number of carbonyl (C=O) groups is 3. The number of aliphatic imine (C=N–C) groups is 3. The van der Waals surface area contributed by atoms with Crippen molar-refractivity contribution < 1.29 is 41.8 Å². The van der Waals surface area contributed by atoms with Crippen LogP contribution >= 0.6 is 47.8 Å². The van der Waals surface area contributed by atoms with E-state index in [1.165, 1.54) is 18.2 Å². The van der Waals surface area contributed by atoms with Gasteiger partial charge in [-0.25, -0.2) is 29.4 Å². The van der Waals surface area contributed by atoms with Crippen molar-refractivity contribution >= 4 is 102 Å². The molecule has 3 aromatic heterocycles. The molecule has 3 aliphatic heterocycles. The number of nitrogens with zero attached hydrogens (tertiary/aromatic N) is 3. The molecule has 12 nitrogen and oxygen atoms in total. The van der Waals surface area contributed by atoms with Gasteiger partial charge in [-0.1, -0.05) is 84.2 Å². The number of carbonyl (C=O) groups excluding carboxylic acids is 3. The van der Waals surface area contributed by atoms with E-state index in [9.17, 15) is 14.4 Å². The molecule has 4 aromatic carbocycles. The molecule has 10 rings (SSSR count). The predicted molar refractivity (Wildman–Crippen MR) is 244 cm³/mol. The van der Waals surface area contributed by atoms with Crippen molar-refractivity contribution in [2.24, 2.45) is 15.0 Å². The first kappa shape index (κ1) is 39.9. The minimum atomic E-state index is -0.731. The highest BCUT2D eigenvalue weighted by molar-refractivity contribution is 9.11. The third-order valence-corrected chi connectivity index (χ3v) is 11.2. The van der Waals surface area contributed by atoms with E-state index < -0.39 is 17.9 Å². The van der Waals surface area contributed by atoms with E-state index in [-0.39, 0.29) is 51.5 Å². The number of ether oxygens (including phenoxy) is 3. The van der Waals surface area contributed by atoms with Gasteiger partial charge in [-0.2, -0.15) is 0 Å². The summed E-state index contributed by atoms with van der Waals surface area (Å²) in [6.07, 6.45) is 4.40. The molecule has 0 unspecified atom stereocenters. The monoisotopic (exact) mass is 1020 g/mol. The van der Waals surface area contributed by atoms with Crippen molar-refractivity contribution in [3.63, 3.8) is 0 Å². The molecule has 0 spiro atoms. The maximum absolute atomic E-state index is 13.2. The van der Waals surface area contributed by atoms with Gasteiger partial charge < -0.3 is 27.5 Å². The van der Waals surface area contributed by atoms with Crippen LogP contribution in [0.2, 0.25) is 0 Å². The van der Waals surface area contributed by atoms with Gasteiger partial charge in [-0.15, -0.1) is 0 Å². The van der Waals surface area contributed by atoms with Crippen LogP contribution in [-0.2, 0) is 28.6 Å². The van der Waals surface area contributed by atoms with E-state index in [0.717, 1.165) is 30.1 Å². The molecule has 0 saturated heterocycles. The average molecular weight is 1030 g/mol. The number of halogens is 3. The first-order valence-electron chi connectivity index (χ1n) is 18.9. The molecule has 0 saturated carbocycles. The minimum Gasteiger partial charge on any atom is -0.457 e. The Balaban J connectivity index is 0.995. The number of hydrogen-bond donors (Lipinski definition) is 0. The molecule has 0 fully saturated rings. The molecule has 3 aliphatic rings. The van der Waals surface area contributed by atoms with E-state index in [4.69, 9.17) is 27.5 Å². The number of rotatable bonds is 9. The first-order chi connectivity index (χ1) is 30.6. The molecular weight excluding hydrogens is 1000 g/mol. The summed E-state index contributed by atoms with van der Waals surface area (Å²) in [5.74, 6) is 0.467. The Morgan fingerprint density at radius 3 is 0.889 bits per heavy atom. The number of furan rings is 3.